The zero-order valence-electron chi connectivity index (χ0n) is 9.01. The van der Waals surface area contributed by atoms with Crippen LogP contribution in [0.1, 0.15) is 30.9 Å². The molecule has 0 spiro atoms. The lowest BCUT2D eigenvalue weighted by Crippen LogP contribution is -2.17. The van der Waals surface area contributed by atoms with Gasteiger partial charge in [0.15, 0.2) is 0 Å². The van der Waals surface area contributed by atoms with Gasteiger partial charge in [-0.1, -0.05) is 19.4 Å². The number of amidine groups is 1. The number of unbranched alkanes of at least 4 members (excludes halogenated alkanes) is 1. The summed E-state index contributed by atoms with van der Waals surface area (Å²) in [4.78, 5) is 0. The molecule has 1 rings (SSSR count). The Balaban J connectivity index is 3.15. The molecular formula is C11H18N4. The van der Waals surface area contributed by atoms with Crippen LogP contribution in [0, 0.1) is 5.41 Å². The average Bonchev–Trinajstić information content (AvgIpc) is 2.19. The van der Waals surface area contributed by atoms with Crippen LogP contribution in [-0.2, 0) is 6.42 Å². The first-order valence-electron chi connectivity index (χ1n) is 5.09. The van der Waals surface area contributed by atoms with Gasteiger partial charge >= 0.3 is 0 Å². The van der Waals surface area contributed by atoms with Gasteiger partial charge in [0.25, 0.3) is 0 Å². The van der Waals surface area contributed by atoms with E-state index >= 15 is 0 Å². The molecular weight excluding hydrogens is 188 g/mol. The summed E-state index contributed by atoms with van der Waals surface area (Å²) < 4.78 is 0. The van der Waals surface area contributed by atoms with Crippen molar-refractivity contribution in [3.05, 3.63) is 23.3 Å². The Kier molecular flexibility index (Phi) is 3.55. The van der Waals surface area contributed by atoms with Crippen molar-refractivity contribution in [1.29, 1.82) is 5.41 Å². The minimum absolute atomic E-state index is 0.00842. The van der Waals surface area contributed by atoms with E-state index in [-0.39, 0.29) is 5.84 Å². The lowest BCUT2D eigenvalue weighted by atomic mass is 9.98. The van der Waals surface area contributed by atoms with E-state index in [0.717, 1.165) is 24.8 Å². The molecule has 1 aromatic rings. The van der Waals surface area contributed by atoms with Crippen LogP contribution in [-0.4, -0.2) is 5.84 Å². The zero-order chi connectivity index (χ0) is 11.4. The Morgan fingerprint density at radius 2 is 2.00 bits per heavy atom. The summed E-state index contributed by atoms with van der Waals surface area (Å²) in [5, 5.41) is 7.49. The molecule has 0 aromatic heterocycles. The molecule has 4 nitrogen and oxygen atoms in total. The molecule has 82 valence electrons. The Morgan fingerprint density at radius 1 is 1.33 bits per heavy atom. The van der Waals surface area contributed by atoms with Gasteiger partial charge in [0.2, 0.25) is 0 Å². The van der Waals surface area contributed by atoms with Crippen LogP contribution in [0.2, 0.25) is 0 Å². The number of aryl methyl sites for hydroxylation is 1. The lowest BCUT2D eigenvalue weighted by Gasteiger charge is -2.12. The molecule has 0 aliphatic heterocycles. The molecule has 1 aromatic carbocycles. The van der Waals surface area contributed by atoms with Gasteiger partial charge in [0.1, 0.15) is 5.84 Å². The topological polar surface area (TPSA) is 102 Å². The van der Waals surface area contributed by atoms with E-state index in [1.165, 1.54) is 0 Å². The largest absolute Gasteiger partial charge is 0.397 e. The van der Waals surface area contributed by atoms with Crippen LogP contribution in [0.15, 0.2) is 12.1 Å². The third-order valence-electron chi connectivity index (χ3n) is 2.43. The highest BCUT2D eigenvalue weighted by molar-refractivity contribution is 6.03. The van der Waals surface area contributed by atoms with Crippen LogP contribution >= 0.6 is 0 Å². The lowest BCUT2D eigenvalue weighted by molar-refractivity contribution is 0.794. The monoisotopic (exact) mass is 206 g/mol. The molecule has 0 fully saturated rings. The fourth-order valence-corrected chi connectivity index (χ4v) is 1.57. The first-order chi connectivity index (χ1) is 7.07. The standard InChI is InChI=1S/C11H18N4/c1-2-3-4-7-5-6-8(12)10(13)9(7)11(14)15/h5-6H,2-4,12-13H2,1H3,(H3,14,15). The highest BCUT2D eigenvalue weighted by atomic mass is 14.7. The van der Waals surface area contributed by atoms with Crippen molar-refractivity contribution in [2.75, 3.05) is 11.5 Å². The molecule has 15 heavy (non-hydrogen) atoms. The van der Waals surface area contributed by atoms with Crippen molar-refractivity contribution in [2.24, 2.45) is 5.73 Å². The summed E-state index contributed by atoms with van der Waals surface area (Å²) in [6.07, 6.45) is 3.04. The SMILES string of the molecule is CCCCc1ccc(N)c(N)c1C(=N)N. The normalized spacial score (nSPS) is 10.2. The molecule has 0 radical (unpaired) electrons. The Bertz CT molecular complexity index is 371. The molecule has 7 N–H and O–H groups in total. The van der Waals surface area contributed by atoms with E-state index in [2.05, 4.69) is 6.92 Å². The molecule has 0 aliphatic rings. The van der Waals surface area contributed by atoms with E-state index in [4.69, 9.17) is 22.6 Å². The van der Waals surface area contributed by atoms with E-state index in [1.807, 2.05) is 6.07 Å². The maximum absolute atomic E-state index is 7.49. The van der Waals surface area contributed by atoms with Crippen LogP contribution < -0.4 is 17.2 Å². The maximum Gasteiger partial charge on any atom is 0.125 e. The fourth-order valence-electron chi connectivity index (χ4n) is 1.57. The average molecular weight is 206 g/mol. The number of anilines is 2. The predicted molar refractivity (Wildman–Crippen MR) is 64.9 cm³/mol. The highest BCUT2D eigenvalue weighted by Gasteiger charge is 2.11. The van der Waals surface area contributed by atoms with Gasteiger partial charge in [-0.15, -0.1) is 0 Å². The maximum atomic E-state index is 7.49. The minimum Gasteiger partial charge on any atom is -0.397 e. The van der Waals surface area contributed by atoms with Crippen molar-refractivity contribution < 1.29 is 0 Å². The summed E-state index contributed by atoms with van der Waals surface area (Å²) in [5.74, 6) is -0.00842. The molecule has 0 saturated heterocycles. The van der Waals surface area contributed by atoms with Crippen molar-refractivity contribution in [2.45, 2.75) is 26.2 Å². The van der Waals surface area contributed by atoms with Crippen LogP contribution in [0.4, 0.5) is 11.4 Å². The predicted octanol–water partition coefficient (Wildman–Crippen LogP) is 1.48. The van der Waals surface area contributed by atoms with E-state index in [9.17, 15) is 0 Å². The van der Waals surface area contributed by atoms with Gasteiger partial charge in [-0.25, -0.2) is 0 Å². The van der Waals surface area contributed by atoms with Crippen molar-refractivity contribution in [3.63, 3.8) is 0 Å². The third-order valence-corrected chi connectivity index (χ3v) is 2.43. The van der Waals surface area contributed by atoms with E-state index in [0.29, 0.717) is 16.9 Å². The smallest absolute Gasteiger partial charge is 0.125 e. The van der Waals surface area contributed by atoms with Crippen molar-refractivity contribution in [3.8, 4) is 0 Å². The number of hydrogen-bond donors (Lipinski definition) is 4. The van der Waals surface area contributed by atoms with Crippen molar-refractivity contribution in [1.82, 2.24) is 0 Å². The van der Waals surface area contributed by atoms with Crippen LogP contribution in [0.5, 0.6) is 0 Å². The second kappa shape index (κ2) is 4.68. The molecule has 0 bridgehead atoms. The number of rotatable bonds is 4. The first kappa shape index (κ1) is 11.4. The first-order valence-corrected chi connectivity index (χ1v) is 5.09. The Labute approximate surface area is 90.0 Å². The summed E-state index contributed by atoms with van der Waals surface area (Å²) >= 11 is 0. The summed E-state index contributed by atoms with van der Waals surface area (Å²) in [6.45, 7) is 2.12. The van der Waals surface area contributed by atoms with Crippen LogP contribution in [0.3, 0.4) is 0 Å². The number of nitrogens with one attached hydrogen (secondary N) is 1. The molecule has 0 unspecified atom stereocenters. The number of benzene rings is 1. The van der Waals surface area contributed by atoms with Gasteiger partial charge in [-0.3, -0.25) is 5.41 Å². The molecule has 0 atom stereocenters. The van der Waals surface area contributed by atoms with E-state index in [1.54, 1.807) is 6.07 Å². The van der Waals surface area contributed by atoms with Gasteiger partial charge in [0.05, 0.1) is 11.4 Å². The molecule has 0 heterocycles. The summed E-state index contributed by atoms with van der Waals surface area (Å²) in [7, 11) is 0. The van der Waals surface area contributed by atoms with E-state index < -0.39 is 0 Å². The van der Waals surface area contributed by atoms with Gasteiger partial charge in [-0.05, 0) is 24.5 Å². The van der Waals surface area contributed by atoms with Crippen LogP contribution in [0.25, 0.3) is 0 Å². The minimum atomic E-state index is -0.00842. The second-order valence-corrected chi connectivity index (χ2v) is 3.62. The van der Waals surface area contributed by atoms with Gasteiger partial charge < -0.3 is 17.2 Å². The Morgan fingerprint density at radius 3 is 2.53 bits per heavy atom. The quantitative estimate of drug-likeness (QED) is 0.341. The number of nitrogens with two attached hydrogens (primary N) is 3. The van der Waals surface area contributed by atoms with Gasteiger partial charge in [-0.2, -0.15) is 0 Å². The summed E-state index contributed by atoms with van der Waals surface area (Å²) in [5.41, 5.74) is 19.5. The molecule has 0 aliphatic carbocycles. The number of nitrogen functional groups attached to an aromatic ring is 3. The number of hydrogen-bond acceptors (Lipinski definition) is 3. The van der Waals surface area contributed by atoms with Gasteiger partial charge in [0, 0.05) is 5.56 Å². The second-order valence-electron chi connectivity index (χ2n) is 3.62. The highest BCUT2D eigenvalue weighted by Crippen LogP contribution is 2.24. The third kappa shape index (κ3) is 2.40. The summed E-state index contributed by atoms with van der Waals surface area (Å²) in [6, 6.07) is 3.67. The van der Waals surface area contributed by atoms with Crippen molar-refractivity contribution >= 4 is 17.2 Å². The Hall–Kier alpha value is -1.71. The molecule has 0 saturated carbocycles. The fraction of sp³-hybridized carbons (Fsp3) is 0.364. The molecule has 4 heteroatoms. The zero-order valence-corrected chi connectivity index (χ0v) is 9.01. The molecule has 0 amide bonds.